The number of amides is 1. The number of nitrogens with one attached hydrogen (secondary N) is 1. The third-order valence-electron chi connectivity index (χ3n) is 4.08. The van der Waals surface area contributed by atoms with Crippen LogP contribution < -0.4 is 10.9 Å². The smallest absolute Gasteiger partial charge is 0.256 e. The van der Waals surface area contributed by atoms with Crippen molar-refractivity contribution in [3.8, 4) is 0 Å². The lowest BCUT2D eigenvalue weighted by atomic mass is 10.1. The van der Waals surface area contributed by atoms with E-state index in [1.165, 1.54) is 33.4 Å². The summed E-state index contributed by atoms with van der Waals surface area (Å²) < 4.78 is 2.33. The standard InChI is InChI=1S/C17H18N4O2S/c1-9-5-13-14(6-10(9)2)24-17(19-13)20-15(22)7-21-8-18-12(4)11(3)16(21)23/h5-6,8H,7H2,1-4H3,(H,19,20,22). The maximum Gasteiger partial charge on any atom is 0.256 e. The predicted octanol–water partition coefficient (Wildman–Crippen LogP) is 2.73. The molecule has 3 rings (SSSR count). The van der Waals surface area contributed by atoms with E-state index in [4.69, 9.17) is 0 Å². The molecule has 0 unspecified atom stereocenters. The third-order valence-corrected chi connectivity index (χ3v) is 5.01. The number of fused-ring (bicyclic) bond motifs is 1. The van der Waals surface area contributed by atoms with Gasteiger partial charge in [0.15, 0.2) is 5.13 Å². The molecule has 1 amide bonds. The number of rotatable bonds is 3. The van der Waals surface area contributed by atoms with E-state index in [2.05, 4.69) is 21.4 Å². The molecule has 0 bridgehead atoms. The molecule has 0 aliphatic heterocycles. The Bertz CT molecular complexity index is 965. The highest BCUT2D eigenvalue weighted by atomic mass is 32.1. The van der Waals surface area contributed by atoms with E-state index in [-0.39, 0.29) is 18.0 Å². The van der Waals surface area contributed by atoms with Crippen molar-refractivity contribution in [3.05, 3.63) is 51.2 Å². The number of carbonyl (C=O) groups is 1. The van der Waals surface area contributed by atoms with Gasteiger partial charge in [0.1, 0.15) is 6.54 Å². The van der Waals surface area contributed by atoms with Crippen LogP contribution in [0.15, 0.2) is 23.3 Å². The number of thiazole rings is 1. The van der Waals surface area contributed by atoms with Crippen LogP contribution in [-0.4, -0.2) is 20.4 Å². The van der Waals surface area contributed by atoms with Crippen LogP contribution in [0.25, 0.3) is 10.2 Å². The normalized spacial score (nSPS) is 11.0. The minimum atomic E-state index is -0.297. The molecule has 3 aromatic rings. The minimum absolute atomic E-state index is 0.0824. The van der Waals surface area contributed by atoms with Gasteiger partial charge in [-0.05, 0) is 51.0 Å². The van der Waals surface area contributed by atoms with E-state index in [1.54, 1.807) is 13.8 Å². The number of benzene rings is 1. The van der Waals surface area contributed by atoms with Crippen molar-refractivity contribution >= 4 is 32.6 Å². The number of aromatic nitrogens is 3. The Balaban J connectivity index is 1.80. The first-order chi connectivity index (χ1) is 11.3. The van der Waals surface area contributed by atoms with Crippen LogP contribution in [0.3, 0.4) is 0 Å². The average molecular weight is 342 g/mol. The van der Waals surface area contributed by atoms with Gasteiger partial charge in [-0.15, -0.1) is 0 Å². The van der Waals surface area contributed by atoms with Gasteiger partial charge in [0, 0.05) is 11.3 Å². The third kappa shape index (κ3) is 3.07. The molecule has 0 spiro atoms. The highest BCUT2D eigenvalue weighted by Gasteiger charge is 2.11. The van der Waals surface area contributed by atoms with Crippen LogP contribution in [-0.2, 0) is 11.3 Å². The zero-order valence-corrected chi connectivity index (χ0v) is 14.8. The van der Waals surface area contributed by atoms with E-state index >= 15 is 0 Å². The molecule has 2 aromatic heterocycles. The van der Waals surface area contributed by atoms with Gasteiger partial charge in [0.25, 0.3) is 5.56 Å². The highest BCUT2D eigenvalue weighted by molar-refractivity contribution is 7.22. The summed E-state index contributed by atoms with van der Waals surface area (Å²) in [4.78, 5) is 32.9. The number of nitrogens with zero attached hydrogens (tertiary/aromatic N) is 3. The Hall–Kier alpha value is -2.54. The van der Waals surface area contributed by atoms with Crippen molar-refractivity contribution in [2.75, 3.05) is 5.32 Å². The molecular weight excluding hydrogens is 324 g/mol. The molecule has 24 heavy (non-hydrogen) atoms. The topological polar surface area (TPSA) is 76.9 Å². The van der Waals surface area contributed by atoms with Crippen LogP contribution in [0.5, 0.6) is 0 Å². The van der Waals surface area contributed by atoms with Gasteiger partial charge >= 0.3 is 0 Å². The summed E-state index contributed by atoms with van der Waals surface area (Å²) in [5, 5.41) is 3.29. The van der Waals surface area contributed by atoms with Crippen LogP contribution in [0, 0.1) is 27.7 Å². The maximum absolute atomic E-state index is 12.2. The zero-order valence-electron chi connectivity index (χ0n) is 14.0. The average Bonchev–Trinajstić information content (AvgIpc) is 2.89. The van der Waals surface area contributed by atoms with Gasteiger partial charge in [-0.3, -0.25) is 14.2 Å². The molecule has 0 radical (unpaired) electrons. The molecule has 0 saturated heterocycles. The Morgan fingerprint density at radius 1 is 1.21 bits per heavy atom. The SMILES string of the molecule is Cc1cc2nc(NC(=O)Cn3cnc(C)c(C)c3=O)sc2cc1C. The second-order valence-electron chi connectivity index (χ2n) is 5.86. The lowest BCUT2D eigenvalue weighted by Gasteiger charge is -2.07. The first kappa shape index (κ1) is 16.3. The van der Waals surface area contributed by atoms with E-state index in [9.17, 15) is 9.59 Å². The number of anilines is 1. The zero-order chi connectivity index (χ0) is 17.4. The van der Waals surface area contributed by atoms with Crippen molar-refractivity contribution in [1.82, 2.24) is 14.5 Å². The Morgan fingerprint density at radius 2 is 1.92 bits per heavy atom. The quantitative estimate of drug-likeness (QED) is 0.794. The molecule has 0 aliphatic rings. The number of aryl methyl sites for hydroxylation is 3. The monoisotopic (exact) mass is 342 g/mol. The van der Waals surface area contributed by atoms with Crippen molar-refractivity contribution < 1.29 is 4.79 Å². The number of hydrogen-bond acceptors (Lipinski definition) is 5. The van der Waals surface area contributed by atoms with Gasteiger partial charge in [-0.1, -0.05) is 11.3 Å². The molecule has 0 saturated carbocycles. The van der Waals surface area contributed by atoms with Crippen molar-refractivity contribution in [3.63, 3.8) is 0 Å². The fourth-order valence-corrected chi connectivity index (χ4v) is 3.30. The summed E-state index contributed by atoms with van der Waals surface area (Å²) in [5.41, 5.74) is 4.25. The lowest BCUT2D eigenvalue weighted by Crippen LogP contribution is -2.29. The predicted molar refractivity (Wildman–Crippen MR) is 95.7 cm³/mol. The minimum Gasteiger partial charge on any atom is -0.300 e. The fourth-order valence-electron chi connectivity index (χ4n) is 2.34. The molecule has 1 aromatic carbocycles. The van der Waals surface area contributed by atoms with Crippen molar-refractivity contribution in [1.29, 1.82) is 0 Å². The molecule has 6 nitrogen and oxygen atoms in total. The molecular formula is C17H18N4O2S. The summed E-state index contributed by atoms with van der Waals surface area (Å²) >= 11 is 1.42. The number of carbonyl (C=O) groups excluding carboxylic acids is 1. The van der Waals surface area contributed by atoms with Gasteiger partial charge < -0.3 is 5.32 Å². The van der Waals surface area contributed by atoms with Crippen molar-refractivity contribution in [2.45, 2.75) is 34.2 Å². The maximum atomic E-state index is 12.2. The van der Waals surface area contributed by atoms with E-state index in [0.717, 1.165) is 10.2 Å². The number of hydrogen-bond donors (Lipinski definition) is 1. The molecule has 0 atom stereocenters. The molecule has 1 N–H and O–H groups in total. The molecule has 0 aliphatic carbocycles. The van der Waals surface area contributed by atoms with Gasteiger partial charge in [0.2, 0.25) is 5.91 Å². The van der Waals surface area contributed by atoms with Gasteiger partial charge in [-0.25, -0.2) is 9.97 Å². The second kappa shape index (κ2) is 6.16. The summed E-state index contributed by atoms with van der Waals surface area (Å²) in [6.07, 6.45) is 1.40. The Labute approximate surface area is 143 Å². The molecule has 124 valence electrons. The van der Waals surface area contributed by atoms with E-state index in [1.807, 2.05) is 19.9 Å². The highest BCUT2D eigenvalue weighted by Crippen LogP contribution is 2.28. The van der Waals surface area contributed by atoms with Crippen LogP contribution >= 0.6 is 11.3 Å². The fraction of sp³-hybridized carbons (Fsp3) is 0.294. The first-order valence-corrected chi connectivity index (χ1v) is 8.37. The second-order valence-corrected chi connectivity index (χ2v) is 6.89. The first-order valence-electron chi connectivity index (χ1n) is 7.55. The summed E-state index contributed by atoms with van der Waals surface area (Å²) in [6, 6.07) is 4.07. The molecule has 0 fully saturated rings. The largest absolute Gasteiger partial charge is 0.300 e. The summed E-state index contributed by atoms with van der Waals surface area (Å²) in [6.45, 7) is 7.47. The van der Waals surface area contributed by atoms with Crippen LogP contribution in [0.1, 0.15) is 22.4 Å². The van der Waals surface area contributed by atoms with Crippen LogP contribution in [0.4, 0.5) is 5.13 Å². The van der Waals surface area contributed by atoms with E-state index in [0.29, 0.717) is 16.4 Å². The van der Waals surface area contributed by atoms with Crippen LogP contribution in [0.2, 0.25) is 0 Å². The Kier molecular flexibility index (Phi) is 4.19. The van der Waals surface area contributed by atoms with E-state index < -0.39 is 0 Å². The molecule has 7 heteroatoms. The summed E-state index contributed by atoms with van der Waals surface area (Å²) in [5.74, 6) is -0.297. The Morgan fingerprint density at radius 3 is 2.67 bits per heavy atom. The molecule has 2 heterocycles. The van der Waals surface area contributed by atoms with Gasteiger partial charge in [0.05, 0.1) is 16.5 Å². The summed E-state index contributed by atoms with van der Waals surface area (Å²) in [7, 11) is 0. The van der Waals surface area contributed by atoms with Gasteiger partial charge in [-0.2, -0.15) is 0 Å². The lowest BCUT2D eigenvalue weighted by molar-refractivity contribution is -0.116. The van der Waals surface area contributed by atoms with Crippen molar-refractivity contribution in [2.24, 2.45) is 0 Å².